The molecule has 0 bridgehead atoms. The van der Waals surface area contributed by atoms with Crippen molar-refractivity contribution in [2.24, 2.45) is 5.92 Å². The zero-order valence-corrected chi connectivity index (χ0v) is 23.5. The highest BCUT2D eigenvalue weighted by Crippen LogP contribution is 2.32. The molecular formula is C32H32F3N3O4. The molecule has 0 radical (unpaired) electrons. The van der Waals surface area contributed by atoms with Gasteiger partial charge in [-0.1, -0.05) is 0 Å². The van der Waals surface area contributed by atoms with E-state index in [1.807, 2.05) is 34.8 Å². The average Bonchev–Trinajstić information content (AvgIpc) is 3.61. The number of methoxy groups -OCH3 is 1. The highest BCUT2D eigenvalue weighted by molar-refractivity contribution is 6.01. The maximum atomic E-state index is 13.1. The van der Waals surface area contributed by atoms with Crippen LogP contribution in [0.5, 0.6) is 11.5 Å². The first-order valence-corrected chi connectivity index (χ1v) is 13.9. The van der Waals surface area contributed by atoms with Crippen molar-refractivity contribution in [1.82, 2.24) is 14.7 Å². The second kappa shape index (κ2) is 12.4. The molecule has 1 aromatic heterocycles. The largest absolute Gasteiger partial charge is 0.457 e. The van der Waals surface area contributed by atoms with Crippen molar-refractivity contribution in [3.63, 3.8) is 0 Å². The van der Waals surface area contributed by atoms with E-state index in [-0.39, 0.29) is 23.4 Å². The van der Waals surface area contributed by atoms with E-state index in [2.05, 4.69) is 0 Å². The standard InChI is InChI=1S/C32H32F3N3O4/c1-21-27(30(39)4-3-17-41-2)13-14-29-28(21)20-38(36-29)19-22-15-16-37(18-22)31(40)23-5-9-25(10-6-23)42-26-11-7-24(8-12-26)32(33,34)35/h5-14,20,22H,3-4,15-19H2,1-2H3/t22-/m0/s1. The Morgan fingerprint density at radius 2 is 1.69 bits per heavy atom. The number of benzene rings is 3. The molecule has 220 valence electrons. The van der Waals surface area contributed by atoms with Crippen LogP contribution in [0.15, 0.2) is 66.9 Å². The number of aromatic nitrogens is 2. The van der Waals surface area contributed by atoms with Gasteiger partial charge in [-0.3, -0.25) is 14.3 Å². The molecule has 0 spiro atoms. The van der Waals surface area contributed by atoms with Crippen LogP contribution in [-0.4, -0.2) is 53.2 Å². The van der Waals surface area contributed by atoms with Crippen LogP contribution in [0.25, 0.3) is 10.9 Å². The summed E-state index contributed by atoms with van der Waals surface area (Å²) < 4.78 is 50.9. The molecule has 0 N–H and O–H groups in total. The summed E-state index contributed by atoms with van der Waals surface area (Å²) in [6.45, 7) is 4.40. The highest BCUT2D eigenvalue weighted by Gasteiger charge is 2.30. The molecule has 0 unspecified atom stereocenters. The third kappa shape index (κ3) is 6.65. The predicted octanol–water partition coefficient (Wildman–Crippen LogP) is 6.93. The topological polar surface area (TPSA) is 73.7 Å². The molecule has 3 aromatic carbocycles. The Morgan fingerprint density at radius 3 is 2.36 bits per heavy atom. The molecule has 7 nitrogen and oxygen atoms in total. The lowest BCUT2D eigenvalue weighted by Gasteiger charge is -2.17. The van der Waals surface area contributed by atoms with Crippen LogP contribution >= 0.6 is 0 Å². The number of aryl methyl sites for hydroxylation is 1. The summed E-state index contributed by atoms with van der Waals surface area (Å²) in [4.78, 5) is 27.6. The number of hydrogen-bond acceptors (Lipinski definition) is 5. The number of Topliss-reactive ketones (excluding diaryl/α,β-unsaturated/α-hetero) is 1. The first-order chi connectivity index (χ1) is 20.1. The zero-order valence-electron chi connectivity index (χ0n) is 23.5. The smallest absolute Gasteiger partial charge is 0.416 e. The molecule has 1 aliphatic heterocycles. The molecule has 2 heterocycles. The molecule has 0 saturated carbocycles. The number of carbonyl (C=O) groups excluding carboxylic acids is 2. The van der Waals surface area contributed by atoms with Crippen molar-refractivity contribution in [3.8, 4) is 11.5 Å². The fraction of sp³-hybridized carbons (Fsp3) is 0.344. The van der Waals surface area contributed by atoms with Crippen molar-refractivity contribution in [2.75, 3.05) is 26.8 Å². The van der Waals surface area contributed by atoms with Gasteiger partial charge in [0.25, 0.3) is 5.91 Å². The van der Waals surface area contributed by atoms with Crippen molar-refractivity contribution in [2.45, 2.75) is 38.9 Å². The SMILES string of the molecule is COCCCC(=O)c1ccc2nn(C[C@H]3CCN(C(=O)c4ccc(Oc5ccc(C(F)(F)F)cc5)cc4)C3)cc2c1C. The lowest BCUT2D eigenvalue weighted by molar-refractivity contribution is -0.137. The van der Waals surface area contributed by atoms with Crippen LogP contribution in [0.4, 0.5) is 13.2 Å². The number of carbonyl (C=O) groups is 2. The number of ether oxygens (including phenoxy) is 2. The molecule has 1 saturated heterocycles. The Balaban J connectivity index is 1.17. The number of alkyl halides is 3. The average molecular weight is 580 g/mol. The third-order valence-corrected chi connectivity index (χ3v) is 7.60. The van der Waals surface area contributed by atoms with Gasteiger partial charge in [0, 0.05) is 62.5 Å². The van der Waals surface area contributed by atoms with Crippen molar-refractivity contribution < 1.29 is 32.2 Å². The van der Waals surface area contributed by atoms with Crippen LogP contribution in [0.1, 0.15) is 51.1 Å². The molecule has 1 amide bonds. The predicted molar refractivity (Wildman–Crippen MR) is 152 cm³/mol. The highest BCUT2D eigenvalue weighted by atomic mass is 19.4. The molecule has 5 rings (SSSR count). The molecule has 1 aliphatic rings. The van der Waals surface area contributed by atoms with Gasteiger partial charge in [0.15, 0.2) is 5.78 Å². The van der Waals surface area contributed by atoms with Crippen molar-refractivity contribution >= 4 is 22.6 Å². The molecule has 1 fully saturated rings. The Bertz CT molecular complexity index is 1560. The van der Waals surface area contributed by atoms with Crippen molar-refractivity contribution in [3.05, 3.63) is 89.1 Å². The Morgan fingerprint density at radius 1 is 1.00 bits per heavy atom. The van der Waals surface area contributed by atoms with E-state index in [0.29, 0.717) is 56.0 Å². The van der Waals surface area contributed by atoms with E-state index in [1.54, 1.807) is 31.4 Å². The molecule has 42 heavy (non-hydrogen) atoms. The summed E-state index contributed by atoms with van der Waals surface area (Å²) in [5.41, 5.74) is 2.25. The van der Waals surface area contributed by atoms with Gasteiger partial charge in [0.2, 0.25) is 0 Å². The summed E-state index contributed by atoms with van der Waals surface area (Å²) in [5.74, 6) is 0.948. The Labute approximate surface area is 241 Å². The molecular weight excluding hydrogens is 547 g/mol. The number of hydrogen-bond donors (Lipinski definition) is 0. The number of ketones is 1. The van der Waals surface area contributed by atoms with Gasteiger partial charge >= 0.3 is 6.18 Å². The number of amides is 1. The van der Waals surface area contributed by atoms with E-state index in [4.69, 9.17) is 14.6 Å². The fourth-order valence-electron chi connectivity index (χ4n) is 5.31. The molecule has 1 atom stereocenters. The van der Waals surface area contributed by atoms with Gasteiger partial charge < -0.3 is 14.4 Å². The zero-order chi connectivity index (χ0) is 29.9. The normalized spacial score (nSPS) is 15.4. The van der Waals surface area contributed by atoms with Crippen LogP contribution in [0, 0.1) is 12.8 Å². The van der Waals surface area contributed by atoms with Gasteiger partial charge in [0.05, 0.1) is 11.1 Å². The van der Waals surface area contributed by atoms with Gasteiger partial charge in [-0.2, -0.15) is 18.3 Å². The first-order valence-electron chi connectivity index (χ1n) is 13.9. The molecule has 10 heteroatoms. The second-order valence-corrected chi connectivity index (χ2v) is 10.6. The summed E-state index contributed by atoms with van der Waals surface area (Å²) in [6, 6.07) is 14.8. The van der Waals surface area contributed by atoms with E-state index < -0.39 is 11.7 Å². The van der Waals surface area contributed by atoms with Crippen molar-refractivity contribution in [1.29, 1.82) is 0 Å². The summed E-state index contributed by atoms with van der Waals surface area (Å²) >= 11 is 0. The number of nitrogens with zero attached hydrogens (tertiary/aromatic N) is 3. The lowest BCUT2D eigenvalue weighted by atomic mass is 9.99. The van der Waals surface area contributed by atoms with Crippen LogP contribution < -0.4 is 4.74 Å². The maximum Gasteiger partial charge on any atom is 0.416 e. The number of rotatable bonds is 10. The van der Waals surface area contributed by atoms with Gasteiger partial charge in [0.1, 0.15) is 11.5 Å². The van der Waals surface area contributed by atoms with E-state index in [1.165, 1.54) is 12.1 Å². The molecule has 4 aromatic rings. The minimum Gasteiger partial charge on any atom is -0.457 e. The number of halogens is 3. The van der Waals surface area contributed by atoms with E-state index in [0.717, 1.165) is 35.0 Å². The third-order valence-electron chi connectivity index (χ3n) is 7.60. The van der Waals surface area contributed by atoms with Gasteiger partial charge in [-0.05, 0) is 91.9 Å². The second-order valence-electron chi connectivity index (χ2n) is 10.6. The molecule has 0 aliphatic carbocycles. The fourth-order valence-corrected chi connectivity index (χ4v) is 5.31. The van der Waals surface area contributed by atoms with E-state index in [9.17, 15) is 22.8 Å². The Kier molecular flexibility index (Phi) is 8.63. The van der Waals surface area contributed by atoms with E-state index >= 15 is 0 Å². The summed E-state index contributed by atoms with van der Waals surface area (Å²) in [6.07, 6.45) is -0.453. The Hall–Kier alpha value is -4.18. The van der Waals surface area contributed by atoms with Crippen LogP contribution in [0.3, 0.4) is 0 Å². The quantitative estimate of drug-likeness (QED) is 0.151. The van der Waals surface area contributed by atoms with Gasteiger partial charge in [-0.15, -0.1) is 0 Å². The van der Waals surface area contributed by atoms with Gasteiger partial charge in [-0.25, -0.2) is 0 Å². The number of likely N-dealkylation sites (tertiary alicyclic amines) is 1. The monoisotopic (exact) mass is 579 g/mol. The summed E-state index contributed by atoms with van der Waals surface area (Å²) in [5, 5.41) is 5.67. The minimum absolute atomic E-state index is 0.0864. The maximum absolute atomic E-state index is 13.1. The minimum atomic E-state index is -4.41. The van der Waals surface area contributed by atoms with Crippen LogP contribution in [0.2, 0.25) is 0 Å². The first kappa shape index (κ1) is 29.3. The number of fused-ring (bicyclic) bond motifs is 1. The lowest BCUT2D eigenvalue weighted by Crippen LogP contribution is -2.29. The van der Waals surface area contributed by atoms with Crippen LogP contribution in [-0.2, 0) is 17.5 Å². The summed E-state index contributed by atoms with van der Waals surface area (Å²) in [7, 11) is 1.63.